The molecule has 66 valence electrons. The Morgan fingerprint density at radius 2 is 1.92 bits per heavy atom. The first-order valence-corrected chi connectivity index (χ1v) is 4.68. The molecule has 2 rings (SSSR count). The second kappa shape index (κ2) is 3.47. The van der Waals surface area contributed by atoms with Crippen LogP contribution in [-0.2, 0) is 4.74 Å². The molecule has 0 unspecified atom stereocenters. The maximum absolute atomic E-state index is 5.38. The summed E-state index contributed by atoms with van der Waals surface area (Å²) in [4.78, 5) is 2.51. The van der Waals surface area contributed by atoms with Crippen molar-refractivity contribution in [3.05, 3.63) is 0 Å². The lowest BCUT2D eigenvalue weighted by molar-refractivity contribution is -0.0719. The second-order valence-electron chi connectivity index (χ2n) is 3.67. The van der Waals surface area contributed by atoms with Gasteiger partial charge in [0.15, 0.2) is 0 Å². The van der Waals surface area contributed by atoms with E-state index in [-0.39, 0.29) is 0 Å². The highest BCUT2D eigenvalue weighted by Gasteiger charge is 2.28. The number of hydrogen-bond acceptors (Lipinski definition) is 2. The fraction of sp³-hybridized carbons (Fsp3) is 0.800. The van der Waals surface area contributed by atoms with Gasteiger partial charge in [-0.3, -0.25) is 4.90 Å². The Labute approximate surface area is 73.9 Å². The van der Waals surface area contributed by atoms with Crippen molar-refractivity contribution in [3.8, 4) is 12.3 Å². The van der Waals surface area contributed by atoms with E-state index in [1.54, 1.807) is 0 Å². The largest absolute Gasteiger partial charge is 0.378 e. The average Bonchev–Trinajstić information content (AvgIpc) is 2.03. The summed E-state index contributed by atoms with van der Waals surface area (Å²) < 4.78 is 5.16. The van der Waals surface area contributed by atoms with Crippen LogP contribution in [0.5, 0.6) is 0 Å². The summed E-state index contributed by atoms with van der Waals surface area (Å²) >= 11 is 0. The maximum Gasteiger partial charge on any atom is 0.0645 e. The van der Waals surface area contributed by atoms with Gasteiger partial charge >= 0.3 is 0 Å². The molecule has 0 aromatic rings. The highest BCUT2D eigenvalue weighted by Crippen LogP contribution is 2.20. The van der Waals surface area contributed by atoms with E-state index >= 15 is 0 Å². The van der Waals surface area contributed by atoms with E-state index in [0.29, 0.717) is 12.0 Å². The smallest absolute Gasteiger partial charge is 0.0645 e. The van der Waals surface area contributed by atoms with Gasteiger partial charge in [0.1, 0.15) is 0 Å². The summed E-state index contributed by atoms with van der Waals surface area (Å²) in [7, 11) is 0. The van der Waals surface area contributed by atoms with Crippen LogP contribution < -0.4 is 0 Å². The van der Waals surface area contributed by atoms with Crippen LogP contribution in [0.15, 0.2) is 0 Å². The maximum atomic E-state index is 5.38. The van der Waals surface area contributed by atoms with Crippen LogP contribution in [0.3, 0.4) is 0 Å². The molecular weight excluding hydrogens is 150 g/mol. The van der Waals surface area contributed by atoms with Gasteiger partial charge in [-0.15, -0.1) is 12.3 Å². The second-order valence-corrected chi connectivity index (χ2v) is 3.67. The van der Waals surface area contributed by atoms with Crippen molar-refractivity contribution in [2.75, 3.05) is 26.3 Å². The molecule has 2 nitrogen and oxygen atoms in total. The highest BCUT2D eigenvalue weighted by molar-refractivity contribution is 4.96. The zero-order chi connectivity index (χ0) is 8.39. The molecule has 0 radical (unpaired) electrons. The molecule has 2 heterocycles. The van der Waals surface area contributed by atoms with Gasteiger partial charge < -0.3 is 4.74 Å². The Hall–Kier alpha value is -0.520. The van der Waals surface area contributed by atoms with Crippen molar-refractivity contribution in [1.82, 2.24) is 4.90 Å². The number of likely N-dealkylation sites (tertiary alicyclic amines) is 1. The SMILES string of the molecule is C#CC1CCN(C2COC2)CC1. The van der Waals surface area contributed by atoms with Crippen LogP contribution in [0.1, 0.15) is 12.8 Å². The number of ether oxygens (including phenoxy) is 1. The zero-order valence-electron chi connectivity index (χ0n) is 7.33. The monoisotopic (exact) mass is 165 g/mol. The molecule has 2 aliphatic rings. The molecule has 0 saturated carbocycles. The van der Waals surface area contributed by atoms with Gasteiger partial charge in [-0.05, 0) is 25.9 Å². The van der Waals surface area contributed by atoms with Gasteiger partial charge in [0.25, 0.3) is 0 Å². The Morgan fingerprint density at radius 1 is 1.25 bits per heavy atom. The van der Waals surface area contributed by atoms with Gasteiger partial charge in [0.2, 0.25) is 0 Å². The third-order valence-electron chi connectivity index (χ3n) is 2.90. The fourth-order valence-electron chi connectivity index (χ4n) is 1.87. The normalized spacial score (nSPS) is 27.9. The minimum Gasteiger partial charge on any atom is -0.378 e. The third kappa shape index (κ3) is 1.48. The number of nitrogens with zero attached hydrogens (tertiary/aromatic N) is 1. The molecule has 2 aliphatic heterocycles. The van der Waals surface area contributed by atoms with Crippen molar-refractivity contribution >= 4 is 0 Å². The molecule has 0 aromatic heterocycles. The Bertz CT molecular complexity index is 185. The quantitative estimate of drug-likeness (QED) is 0.531. The third-order valence-corrected chi connectivity index (χ3v) is 2.90. The van der Waals surface area contributed by atoms with E-state index < -0.39 is 0 Å². The van der Waals surface area contributed by atoms with Gasteiger partial charge in [-0.1, -0.05) is 0 Å². The zero-order valence-corrected chi connectivity index (χ0v) is 7.33. The van der Waals surface area contributed by atoms with E-state index in [1.165, 1.54) is 25.9 Å². The topological polar surface area (TPSA) is 12.5 Å². The van der Waals surface area contributed by atoms with Crippen LogP contribution in [-0.4, -0.2) is 37.2 Å². The van der Waals surface area contributed by atoms with E-state index in [4.69, 9.17) is 11.2 Å². The Morgan fingerprint density at radius 3 is 2.33 bits per heavy atom. The van der Waals surface area contributed by atoms with E-state index in [1.807, 2.05) is 0 Å². The lowest BCUT2D eigenvalue weighted by Gasteiger charge is -2.40. The van der Waals surface area contributed by atoms with Gasteiger partial charge in [-0.2, -0.15) is 0 Å². The van der Waals surface area contributed by atoms with Gasteiger partial charge in [0, 0.05) is 5.92 Å². The first kappa shape index (κ1) is 8.10. The molecule has 0 spiro atoms. The standard InChI is InChI=1S/C10H15NO/c1-2-9-3-5-11(6-4-9)10-7-12-8-10/h1,9-10H,3-8H2. The molecular formula is C10H15NO. The van der Waals surface area contributed by atoms with Gasteiger partial charge in [-0.25, -0.2) is 0 Å². The molecule has 0 N–H and O–H groups in total. The predicted molar refractivity (Wildman–Crippen MR) is 47.7 cm³/mol. The number of rotatable bonds is 1. The lowest BCUT2D eigenvalue weighted by atomic mass is 9.96. The summed E-state index contributed by atoms with van der Waals surface area (Å²) in [5, 5.41) is 0. The van der Waals surface area contributed by atoms with E-state index in [9.17, 15) is 0 Å². The van der Waals surface area contributed by atoms with E-state index in [0.717, 1.165) is 13.2 Å². The summed E-state index contributed by atoms with van der Waals surface area (Å²) in [5.74, 6) is 3.37. The summed E-state index contributed by atoms with van der Waals surface area (Å²) in [6.07, 6.45) is 7.73. The van der Waals surface area contributed by atoms with Crippen LogP contribution in [0.4, 0.5) is 0 Å². The predicted octanol–water partition coefficient (Wildman–Crippen LogP) is 0.730. The molecule has 0 bridgehead atoms. The summed E-state index contributed by atoms with van der Waals surface area (Å²) in [5.41, 5.74) is 0. The first-order chi connectivity index (χ1) is 5.90. The number of terminal acetylenes is 1. The number of piperidine rings is 1. The minimum atomic E-state index is 0.530. The van der Waals surface area contributed by atoms with Crippen LogP contribution in [0.2, 0.25) is 0 Å². The fourth-order valence-corrected chi connectivity index (χ4v) is 1.87. The lowest BCUT2D eigenvalue weighted by Crippen LogP contribution is -2.51. The van der Waals surface area contributed by atoms with Crippen molar-refractivity contribution in [2.45, 2.75) is 18.9 Å². The van der Waals surface area contributed by atoms with Crippen molar-refractivity contribution < 1.29 is 4.74 Å². The molecule has 0 aromatic carbocycles. The van der Waals surface area contributed by atoms with Gasteiger partial charge in [0.05, 0.1) is 19.3 Å². The first-order valence-electron chi connectivity index (χ1n) is 4.68. The van der Waals surface area contributed by atoms with Crippen LogP contribution in [0.25, 0.3) is 0 Å². The van der Waals surface area contributed by atoms with E-state index in [2.05, 4.69) is 10.8 Å². The van der Waals surface area contributed by atoms with Crippen LogP contribution in [0, 0.1) is 18.3 Å². The Balaban J connectivity index is 1.78. The molecule has 2 fully saturated rings. The Kier molecular flexibility index (Phi) is 2.34. The molecule has 0 aliphatic carbocycles. The molecule has 0 amide bonds. The molecule has 2 heteroatoms. The average molecular weight is 165 g/mol. The van der Waals surface area contributed by atoms with Crippen LogP contribution >= 0.6 is 0 Å². The van der Waals surface area contributed by atoms with Crippen molar-refractivity contribution in [3.63, 3.8) is 0 Å². The highest BCUT2D eigenvalue weighted by atomic mass is 16.5. The van der Waals surface area contributed by atoms with Crippen molar-refractivity contribution in [1.29, 1.82) is 0 Å². The minimum absolute atomic E-state index is 0.530. The molecule has 2 saturated heterocycles. The summed E-state index contributed by atoms with van der Waals surface area (Å²) in [6.45, 7) is 4.20. The molecule has 0 atom stereocenters. The number of hydrogen-bond donors (Lipinski definition) is 0. The molecule has 12 heavy (non-hydrogen) atoms. The summed E-state index contributed by atoms with van der Waals surface area (Å²) in [6, 6.07) is 0.698. The van der Waals surface area contributed by atoms with Crippen molar-refractivity contribution in [2.24, 2.45) is 5.92 Å².